The van der Waals surface area contributed by atoms with Crippen molar-refractivity contribution in [1.29, 1.82) is 0 Å². The predicted octanol–water partition coefficient (Wildman–Crippen LogP) is 2.53. The van der Waals surface area contributed by atoms with E-state index < -0.39 is 12.1 Å². The molecule has 1 unspecified atom stereocenters. The number of carbonyl (C=O) groups is 1. The first-order chi connectivity index (χ1) is 9.63. The van der Waals surface area contributed by atoms with Crippen LogP contribution in [0, 0.1) is 0 Å². The molecule has 0 fully saturated rings. The van der Waals surface area contributed by atoms with Gasteiger partial charge in [-0.15, -0.1) is 0 Å². The minimum absolute atomic E-state index is 0.245. The average molecular weight is 271 g/mol. The maximum Gasteiger partial charge on any atom is 0.339 e. The first-order valence-corrected chi connectivity index (χ1v) is 6.43. The molecule has 0 heterocycles. The van der Waals surface area contributed by atoms with Crippen LogP contribution in [0.25, 0.3) is 11.1 Å². The van der Waals surface area contributed by atoms with Crippen molar-refractivity contribution in [2.45, 2.75) is 13.0 Å². The second-order valence-electron chi connectivity index (χ2n) is 4.36. The molecule has 20 heavy (non-hydrogen) atoms. The summed E-state index contributed by atoms with van der Waals surface area (Å²) in [6.07, 6.45) is -1.25. The lowest BCUT2D eigenvalue weighted by Crippen LogP contribution is -2.15. The van der Waals surface area contributed by atoms with E-state index in [1.807, 2.05) is 36.4 Å². The Kier molecular flexibility index (Phi) is 4.38. The molecule has 2 rings (SSSR count). The number of ether oxygens (including phenoxy) is 1. The van der Waals surface area contributed by atoms with Crippen molar-refractivity contribution in [2.24, 2.45) is 0 Å². The zero-order valence-corrected chi connectivity index (χ0v) is 11.2. The molecule has 2 aromatic rings. The maximum absolute atomic E-state index is 11.5. The van der Waals surface area contributed by atoms with Crippen LogP contribution in [0.3, 0.4) is 0 Å². The van der Waals surface area contributed by atoms with E-state index in [0.29, 0.717) is 11.3 Å². The molecule has 0 saturated carbocycles. The van der Waals surface area contributed by atoms with Crippen molar-refractivity contribution in [3.05, 3.63) is 54.1 Å². The number of nitrogens with two attached hydrogens (primary N) is 1. The van der Waals surface area contributed by atoms with Crippen molar-refractivity contribution in [2.75, 3.05) is 12.3 Å². The van der Waals surface area contributed by atoms with Gasteiger partial charge in [-0.2, -0.15) is 0 Å². The highest BCUT2D eigenvalue weighted by Gasteiger charge is 2.18. The van der Waals surface area contributed by atoms with Gasteiger partial charge in [-0.3, -0.25) is 0 Å². The molecule has 0 spiro atoms. The van der Waals surface area contributed by atoms with Gasteiger partial charge < -0.3 is 15.6 Å². The van der Waals surface area contributed by atoms with Crippen molar-refractivity contribution >= 4 is 11.7 Å². The number of aliphatic hydroxyl groups excluding tert-OH is 1. The molecule has 1 atom stereocenters. The molecule has 0 saturated heterocycles. The largest absolute Gasteiger partial charge is 0.464 e. The number of anilines is 1. The minimum atomic E-state index is -1.25. The Hall–Kier alpha value is -2.33. The molecular formula is C16H17NO3. The molecule has 3 N–H and O–H groups in total. The van der Waals surface area contributed by atoms with Gasteiger partial charge in [0.05, 0.1) is 6.61 Å². The highest BCUT2D eigenvalue weighted by atomic mass is 16.5. The van der Waals surface area contributed by atoms with E-state index >= 15 is 0 Å². The van der Waals surface area contributed by atoms with Gasteiger partial charge in [0, 0.05) is 11.3 Å². The second kappa shape index (κ2) is 6.21. The standard InChI is InChI=1S/C16H17NO3/c1-2-20-16(19)15(18)12-9-7-11(8-10-12)13-5-3-4-6-14(13)17/h3-10,15,18H,2,17H2,1H3. The third kappa shape index (κ3) is 2.97. The fourth-order valence-electron chi connectivity index (χ4n) is 1.96. The van der Waals surface area contributed by atoms with Crippen LogP contribution in [0.15, 0.2) is 48.5 Å². The van der Waals surface area contributed by atoms with Gasteiger partial charge in [-0.1, -0.05) is 42.5 Å². The number of para-hydroxylation sites is 1. The number of esters is 1. The Morgan fingerprint density at radius 3 is 2.45 bits per heavy atom. The molecule has 0 amide bonds. The van der Waals surface area contributed by atoms with Crippen molar-refractivity contribution < 1.29 is 14.6 Å². The lowest BCUT2D eigenvalue weighted by molar-refractivity contribution is -0.153. The first kappa shape index (κ1) is 14.1. The monoisotopic (exact) mass is 271 g/mol. The number of nitrogen functional groups attached to an aromatic ring is 1. The molecule has 0 radical (unpaired) electrons. The number of benzene rings is 2. The van der Waals surface area contributed by atoms with E-state index in [2.05, 4.69) is 0 Å². The van der Waals surface area contributed by atoms with E-state index in [0.717, 1.165) is 11.1 Å². The third-order valence-corrected chi connectivity index (χ3v) is 3.01. The number of carbonyl (C=O) groups excluding carboxylic acids is 1. The Morgan fingerprint density at radius 1 is 1.20 bits per heavy atom. The van der Waals surface area contributed by atoms with Gasteiger partial charge in [0.1, 0.15) is 0 Å². The summed E-state index contributed by atoms with van der Waals surface area (Å²) in [5.74, 6) is -0.639. The van der Waals surface area contributed by atoms with Gasteiger partial charge in [0.15, 0.2) is 6.10 Å². The Morgan fingerprint density at radius 2 is 1.85 bits per heavy atom. The summed E-state index contributed by atoms with van der Waals surface area (Å²) in [5, 5.41) is 9.84. The topological polar surface area (TPSA) is 72.5 Å². The second-order valence-corrected chi connectivity index (χ2v) is 4.36. The predicted molar refractivity (Wildman–Crippen MR) is 77.9 cm³/mol. The van der Waals surface area contributed by atoms with Crippen LogP contribution in [-0.2, 0) is 9.53 Å². The molecule has 2 aromatic carbocycles. The molecule has 0 aliphatic carbocycles. The minimum Gasteiger partial charge on any atom is -0.464 e. The number of aliphatic hydroxyl groups is 1. The van der Waals surface area contributed by atoms with E-state index in [9.17, 15) is 9.90 Å². The number of hydrogen-bond donors (Lipinski definition) is 2. The SMILES string of the molecule is CCOC(=O)C(O)c1ccc(-c2ccccc2N)cc1. The van der Waals surface area contributed by atoms with Crippen LogP contribution in [0.4, 0.5) is 5.69 Å². The zero-order chi connectivity index (χ0) is 14.5. The molecule has 0 aliphatic rings. The fourth-order valence-corrected chi connectivity index (χ4v) is 1.96. The highest BCUT2D eigenvalue weighted by molar-refractivity contribution is 5.78. The van der Waals surface area contributed by atoms with Crippen molar-refractivity contribution in [1.82, 2.24) is 0 Å². The van der Waals surface area contributed by atoms with E-state index in [-0.39, 0.29) is 6.61 Å². The lowest BCUT2D eigenvalue weighted by atomic mass is 10.0. The summed E-state index contributed by atoms with van der Waals surface area (Å²) < 4.78 is 4.78. The lowest BCUT2D eigenvalue weighted by Gasteiger charge is -2.11. The quantitative estimate of drug-likeness (QED) is 0.662. The van der Waals surface area contributed by atoms with Crippen LogP contribution in [0.1, 0.15) is 18.6 Å². The average Bonchev–Trinajstić information content (AvgIpc) is 2.47. The summed E-state index contributed by atoms with van der Waals surface area (Å²) in [4.78, 5) is 11.5. The summed E-state index contributed by atoms with van der Waals surface area (Å²) >= 11 is 0. The Labute approximate surface area is 117 Å². The summed E-state index contributed by atoms with van der Waals surface area (Å²) in [6.45, 7) is 1.94. The zero-order valence-electron chi connectivity index (χ0n) is 11.2. The number of hydrogen-bond acceptors (Lipinski definition) is 4. The van der Waals surface area contributed by atoms with Crippen LogP contribution in [-0.4, -0.2) is 17.7 Å². The van der Waals surface area contributed by atoms with Gasteiger partial charge in [-0.05, 0) is 24.1 Å². The van der Waals surface area contributed by atoms with E-state index in [1.165, 1.54) is 0 Å². The smallest absolute Gasteiger partial charge is 0.339 e. The van der Waals surface area contributed by atoms with Gasteiger partial charge >= 0.3 is 5.97 Å². The molecular weight excluding hydrogens is 254 g/mol. The molecule has 4 heteroatoms. The Bertz CT molecular complexity index is 593. The van der Waals surface area contributed by atoms with Gasteiger partial charge in [0.25, 0.3) is 0 Å². The first-order valence-electron chi connectivity index (χ1n) is 6.43. The van der Waals surface area contributed by atoms with Crippen LogP contribution in [0.2, 0.25) is 0 Å². The van der Waals surface area contributed by atoms with E-state index in [4.69, 9.17) is 10.5 Å². The van der Waals surface area contributed by atoms with Crippen molar-refractivity contribution in [3.63, 3.8) is 0 Å². The normalized spacial score (nSPS) is 11.9. The Balaban J connectivity index is 2.23. The third-order valence-electron chi connectivity index (χ3n) is 3.01. The van der Waals surface area contributed by atoms with Crippen LogP contribution >= 0.6 is 0 Å². The molecule has 0 aliphatic heterocycles. The van der Waals surface area contributed by atoms with Crippen molar-refractivity contribution in [3.8, 4) is 11.1 Å². The molecule has 104 valence electrons. The summed E-state index contributed by atoms with van der Waals surface area (Å²) in [7, 11) is 0. The molecule has 4 nitrogen and oxygen atoms in total. The molecule has 0 aromatic heterocycles. The maximum atomic E-state index is 11.5. The fraction of sp³-hybridized carbons (Fsp3) is 0.188. The highest BCUT2D eigenvalue weighted by Crippen LogP contribution is 2.27. The summed E-state index contributed by atoms with van der Waals surface area (Å²) in [5.41, 5.74) is 8.96. The summed E-state index contributed by atoms with van der Waals surface area (Å²) in [6, 6.07) is 14.6. The van der Waals surface area contributed by atoms with Gasteiger partial charge in [0.2, 0.25) is 0 Å². The molecule has 0 bridgehead atoms. The number of rotatable bonds is 4. The van der Waals surface area contributed by atoms with Crippen LogP contribution in [0.5, 0.6) is 0 Å². The van der Waals surface area contributed by atoms with Crippen LogP contribution < -0.4 is 5.73 Å². The van der Waals surface area contributed by atoms with E-state index in [1.54, 1.807) is 19.1 Å². The van der Waals surface area contributed by atoms with Gasteiger partial charge in [-0.25, -0.2) is 4.79 Å².